The van der Waals surface area contributed by atoms with E-state index < -0.39 is 11.4 Å². The molecule has 2 aliphatic heterocycles. The van der Waals surface area contributed by atoms with Crippen molar-refractivity contribution >= 4 is 23.7 Å². The topological polar surface area (TPSA) is 122 Å². The van der Waals surface area contributed by atoms with E-state index in [1.54, 1.807) is 25.6 Å². The fourth-order valence-electron chi connectivity index (χ4n) is 3.70. The van der Waals surface area contributed by atoms with Gasteiger partial charge in [0, 0.05) is 44.4 Å². The zero-order chi connectivity index (χ0) is 22.4. The van der Waals surface area contributed by atoms with Crippen molar-refractivity contribution in [3.05, 3.63) is 17.7 Å². The highest BCUT2D eigenvalue weighted by Gasteiger charge is 2.43. The van der Waals surface area contributed by atoms with Crippen molar-refractivity contribution in [1.29, 1.82) is 0 Å². The van der Waals surface area contributed by atoms with Gasteiger partial charge in [0.2, 0.25) is 5.91 Å². The number of anilines is 1. The summed E-state index contributed by atoms with van der Waals surface area (Å²) in [5, 5.41) is 10.1. The molecule has 3 rings (SSSR count). The second-order valence-electron chi connectivity index (χ2n) is 7.59. The lowest BCUT2D eigenvalue weighted by molar-refractivity contribution is -0.131. The molecule has 1 fully saturated rings. The summed E-state index contributed by atoms with van der Waals surface area (Å²) in [5.41, 5.74) is 6.00. The molecule has 170 valence electrons. The van der Waals surface area contributed by atoms with Crippen LogP contribution in [0, 0.1) is 0 Å². The van der Waals surface area contributed by atoms with Crippen LogP contribution < -0.4 is 30.8 Å². The molecule has 1 atom stereocenters. The van der Waals surface area contributed by atoms with Crippen LogP contribution in [0.4, 0.5) is 5.69 Å². The SMILES string of the molecule is CCCCNC(=O)CC(=O)C1(N)N=CN(N2CCNCC2)c2cc(OC)c(OC)cc21. The van der Waals surface area contributed by atoms with E-state index in [1.165, 1.54) is 7.11 Å². The third kappa shape index (κ3) is 4.81. The lowest BCUT2D eigenvalue weighted by atomic mass is 9.90. The van der Waals surface area contributed by atoms with Gasteiger partial charge in [-0.05, 0) is 12.5 Å². The number of carbonyl (C=O) groups is 2. The van der Waals surface area contributed by atoms with Crippen LogP contribution in [-0.4, -0.2) is 70.0 Å². The lowest BCUT2D eigenvalue weighted by Crippen LogP contribution is -2.56. The largest absolute Gasteiger partial charge is 0.493 e. The number of nitrogens with two attached hydrogens (primary N) is 1. The second kappa shape index (κ2) is 10.1. The number of benzene rings is 1. The van der Waals surface area contributed by atoms with Crippen LogP contribution in [0.2, 0.25) is 0 Å². The summed E-state index contributed by atoms with van der Waals surface area (Å²) < 4.78 is 10.9. The van der Waals surface area contributed by atoms with Gasteiger partial charge in [0.15, 0.2) is 22.9 Å². The second-order valence-corrected chi connectivity index (χ2v) is 7.59. The van der Waals surface area contributed by atoms with Gasteiger partial charge < -0.3 is 20.1 Å². The third-order valence-electron chi connectivity index (χ3n) is 5.53. The van der Waals surface area contributed by atoms with Crippen LogP contribution in [0.5, 0.6) is 11.5 Å². The average molecular weight is 433 g/mol. The summed E-state index contributed by atoms with van der Waals surface area (Å²) >= 11 is 0. The van der Waals surface area contributed by atoms with E-state index in [0.717, 1.165) is 39.0 Å². The van der Waals surface area contributed by atoms with E-state index in [-0.39, 0.29) is 12.3 Å². The molecule has 0 bridgehead atoms. The molecule has 0 aliphatic carbocycles. The van der Waals surface area contributed by atoms with Gasteiger partial charge in [0.25, 0.3) is 0 Å². The Hall–Kier alpha value is -2.69. The minimum absolute atomic E-state index is 0.348. The number of nitrogens with one attached hydrogen (secondary N) is 2. The molecule has 2 heterocycles. The molecular weight excluding hydrogens is 400 g/mol. The van der Waals surface area contributed by atoms with Gasteiger partial charge in [-0.1, -0.05) is 13.3 Å². The molecular formula is C21H32N6O4. The van der Waals surface area contributed by atoms with E-state index in [1.807, 2.05) is 11.9 Å². The fourth-order valence-corrected chi connectivity index (χ4v) is 3.70. The number of aliphatic imine (C=N–C) groups is 1. The number of piperazine rings is 1. The number of methoxy groups -OCH3 is 2. The average Bonchev–Trinajstić information content (AvgIpc) is 2.79. The van der Waals surface area contributed by atoms with Crippen LogP contribution in [0.15, 0.2) is 17.1 Å². The summed E-state index contributed by atoms with van der Waals surface area (Å²) in [6, 6.07) is 3.46. The summed E-state index contributed by atoms with van der Waals surface area (Å²) in [5.74, 6) is 0.119. The molecule has 1 amide bonds. The number of hydrazine groups is 1. The summed E-state index contributed by atoms with van der Waals surface area (Å²) in [6.07, 6.45) is 3.02. The number of unbranched alkanes of at least 4 members (excludes halogenated alkanes) is 1. The molecule has 10 heteroatoms. The number of ether oxygens (including phenoxy) is 2. The van der Waals surface area contributed by atoms with E-state index >= 15 is 0 Å². The maximum atomic E-state index is 13.1. The normalized spacial score (nSPS) is 20.8. The van der Waals surface area contributed by atoms with Gasteiger partial charge in [-0.2, -0.15) is 0 Å². The first-order valence-corrected chi connectivity index (χ1v) is 10.6. The van der Waals surface area contributed by atoms with Crippen LogP contribution in [0.3, 0.4) is 0 Å². The van der Waals surface area contributed by atoms with Crippen molar-refractivity contribution in [2.24, 2.45) is 10.7 Å². The number of nitrogens with zero attached hydrogens (tertiary/aromatic N) is 3. The highest BCUT2D eigenvalue weighted by Crippen LogP contribution is 2.42. The van der Waals surface area contributed by atoms with Gasteiger partial charge in [-0.15, -0.1) is 0 Å². The molecule has 31 heavy (non-hydrogen) atoms. The Labute approximate surface area is 182 Å². The number of Topliss-reactive ketones (excluding diaryl/α,β-unsaturated/α-hetero) is 1. The quantitative estimate of drug-likeness (QED) is 0.378. The number of ketones is 1. The van der Waals surface area contributed by atoms with Crippen molar-refractivity contribution < 1.29 is 19.1 Å². The molecule has 1 unspecified atom stereocenters. The maximum Gasteiger partial charge on any atom is 0.227 e. The zero-order valence-electron chi connectivity index (χ0n) is 18.4. The Morgan fingerprint density at radius 2 is 1.90 bits per heavy atom. The van der Waals surface area contributed by atoms with Crippen LogP contribution >= 0.6 is 0 Å². The molecule has 0 aromatic heterocycles. The van der Waals surface area contributed by atoms with E-state index in [4.69, 9.17) is 15.2 Å². The Balaban J connectivity index is 1.95. The first-order valence-electron chi connectivity index (χ1n) is 10.6. The fraction of sp³-hybridized carbons (Fsp3) is 0.571. The smallest absolute Gasteiger partial charge is 0.227 e. The van der Waals surface area contributed by atoms with E-state index in [0.29, 0.717) is 29.3 Å². The number of amides is 1. The molecule has 1 aromatic carbocycles. The van der Waals surface area contributed by atoms with Crippen LogP contribution in [0.25, 0.3) is 0 Å². The number of fused-ring (bicyclic) bond motifs is 1. The van der Waals surface area contributed by atoms with Gasteiger partial charge in [-0.25, -0.2) is 10.0 Å². The van der Waals surface area contributed by atoms with Crippen LogP contribution in [0.1, 0.15) is 31.7 Å². The first-order chi connectivity index (χ1) is 14.9. The number of rotatable bonds is 9. The van der Waals surface area contributed by atoms with E-state index in [9.17, 15) is 9.59 Å². The van der Waals surface area contributed by atoms with E-state index in [2.05, 4.69) is 20.6 Å². The van der Waals surface area contributed by atoms with Crippen molar-refractivity contribution in [1.82, 2.24) is 15.6 Å². The minimum Gasteiger partial charge on any atom is -0.493 e. The van der Waals surface area contributed by atoms with Crippen molar-refractivity contribution in [2.75, 3.05) is 52.0 Å². The monoisotopic (exact) mass is 432 g/mol. The summed E-state index contributed by atoms with van der Waals surface area (Å²) in [4.78, 5) is 29.8. The Bertz CT molecular complexity index is 839. The molecule has 1 saturated heterocycles. The molecule has 2 aliphatic rings. The standard InChI is InChI=1S/C21H32N6O4/c1-4-5-6-24-20(29)13-19(28)21(22)15-11-17(30-2)18(31-3)12-16(15)27(14-25-21)26-9-7-23-8-10-26/h11-12,14,23H,4-10,13,22H2,1-3H3,(H,24,29). The molecule has 0 saturated carbocycles. The first kappa shape index (κ1) is 23.0. The predicted molar refractivity (Wildman–Crippen MR) is 118 cm³/mol. The number of hydrogen-bond acceptors (Lipinski definition) is 9. The van der Waals surface area contributed by atoms with Crippen molar-refractivity contribution in [3.8, 4) is 11.5 Å². The predicted octanol–water partition coefficient (Wildman–Crippen LogP) is 0.359. The Morgan fingerprint density at radius 1 is 1.23 bits per heavy atom. The third-order valence-corrected chi connectivity index (χ3v) is 5.53. The highest BCUT2D eigenvalue weighted by atomic mass is 16.5. The molecule has 4 N–H and O–H groups in total. The molecule has 10 nitrogen and oxygen atoms in total. The summed E-state index contributed by atoms with van der Waals surface area (Å²) in [6.45, 7) is 5.76. The maximum absolute atomic E-state index is 13.1. The van der Waals surface area contributed by atoms with Crippen molar-refractivity contribution in [3.63, 3.8) is 0 Å². The Kier molecular flexibility index (Phi) is 7.47. The molecule has 0 spiro atoms. The highest BCUT2D eigenvalue weighted by molar-refractivity contribution is 6.05. The van der Waals surface area contributed by atoms with Gasteiger partial charge >= 0.3 is 0 Å². The molecule has 1 aromatic rings. The molecule has 0 radical (unpaired) electrons. The van der Waals surface area contributed by atoms with Gasteiger partial charge in [-0.3, -0.25) is 20.3 Å². The lowest BCUT2D eigenvalue weighted by Gasteiger charge is -2.42. The number of hydrogen-bond donors (Lipinski definition) is 3. The summed E-state index contributed by atoms with van der Waals surface area (Å²) in [7, 11) is 3.07. The van der Waals surface area contributed by atoms with Crippen LogP contribution in [-0.2, 0) is 15.3 Å². The minimum atomic E-state index is -1.69. The van der Waals surface area contributed by atoms with Crippen molar-refractivity contribution in [2.45, 2.75) is 31.8 Å². The number of carbonyl (C=O) groups excluding carboxylic acids is 2. The van der Waals surface area contributed by atoms with Gasteiger partial charge in [0.1, 0.15) is 6.34 Å². The zero-order valence-corrected chi connectivity index (χ0v) is 18.4. The Morgan fingerprint density at radius 3 is 2.55 bits per heavy atom. The van der Waals surface area contributed by atoms with Gasteiger partial charge in [0.05, 0.1) is 26.3 Å².